The number of aliphatic imine (C=N–C) groups is 1. The molecule has 0 radical (unpaired) electrons. The third-order valence-electron chi connectivity index (χ3n) is 2.65. The van der Waals surface area contributed by atoms with Crippen molar-refractivity contribution in [2.75, 3.05) is 0 Å². The Hall–Kier alpha value is -1.32. The first kappa shape index (κ1) is 13.7. The molecule has 0 aliphatic heterocycles. The molecule has 0 amide bonds. The number of aryl methyl sites for hydroxylation is 1. The minimum absolute atomic E-state index is 0.268. The number of benzene rings is 1. The summed E-state index contributed by atoms with van der Waals surface area (Å²) in [5.74, 6) is 0.268. The van der Waals surface area contributed by atoms with Crippen LogP contribution < -0.4 is 0 Å². The van der Waals surface area contributed by atoms with E-state index in [0.717, 1.165) is 24.1 Å². The first-order valence-electron chi connectivity index (χ1n) is 5.56. The molecule has 0 saturated carbocycles. The molecular weight excluding hydrogens is 227 g/mol. The van der Waals surface area contributed by atoms with Gasteiger partial charge >= 0.3 is 6.18 Å². The maximum Gasteiger partial charge on any atom is 0.416 e. The van der Waals surface area contributed by atoms with Crippen molar-refractivity contribution in [1.29, 1.82) is 0 Å². The minimum atomic E-state index is -4.31. The van der Waals surface area contributed by atoms with E-state index >= 15 is 0 Å². The Labute approximate surface area is 99.4 Å². The van der Waals surface area contributed by atoms with Crippen LogP contribution in [0.25, 0.3) is 0 Å². The van der Waals surface area contributed by atoms with Crippen LogP contribution in [-0.4, -0.2) is 6.21 Å². The lowest BCUT2D eigenvalue weighted by atomic mass is 10.1. The Morgan fingerprint density at radius 1 is 1.35 bits per heavy atom. The molecule has 1 aromatic carbocycles. The Kier molecular flexibility index (Phi) is 4.32. The van der Waals surface area contributed by atoms with Crippen LogP contribution in [0.2, 0.25) is 0 Å². The summed E-state index contributed by atoms with van der Waals surface area (Å²) in [7, 11) is 0. The van der Waals surface area contributed by atoms with Gasteiger partial charge in [-0.05, 0) is 37.0 Å². The molecule has 4 heteroatoms. The summed E-state index contributed by atoms with van der Waals surface area (Å²) < 4.78 is 37.5. The van der Waals surface area contributed by atoms with Gasteiger partial charge in [-0.3, -0.25) is 4.99 Å². The predicted octanol–water partition coefficient (Wildman–Crippen LogP) is 4.76. The highest BCUT2D eigenvalue weighted by Crippen LogP contribution is 2.32. The molecule has 1 nitrogen and oxygen atoms in total. The zero-order chi connectivity index (χ0) is 13.1. The number of halogens is 3. The SMILES string of the molecule is CCC(C)C=Nc1cc(C(F)(F)F)ccc1C. The van der Waals surface area contributed by atoms with Crippen molar-refractivity contribution in [1.82, 2.24) is 0 Å². The van der Waals surface area contributed by atoms with Crippen LogP contribution in [0.1, 0.15) is 31.4 Å². The molecule has 0 aromatic heterocycles. The molecule has 1 unspecified atom stereocenters. The van der Waals surface area contributed by atoms with E-state index in [1.54, 1.807) is 13.1 Å². The van der Waals surface area contributed by atoms with Gasteiger partial charge < -0.3 is 0 Å². The highest BCUT2D eigenvalue weighted by molar-refractivity contribution is 5.67. The lowest BCUT2D eigenvalue weighted by Crippen LogP contribution is -2.04. The monoisotopic (exact) mass is 243 g/mol. The first-order valence-corrected chi connectivity index (χ1v) is 5.56. The summed E-state index contributed by atoms with van der Waals surface area (Å²) in [4.78, 5) is 4.13. The highest BCUT2D eigenvalue weighted by Gasteiger charge is 2.30. The smallest absolute Gasteiger partial charge is 0.261 e. The maximum atomic E-state index is 12.5. The van der Waals surface area contributed by atoms with Crippen molar-refractivity contribution < 1.29 is 13.2 Å². The summed E-state index contributed by atoms with van der Waals surface area (Å²) >= 11 is 0. The van der Waals surface area contributed by atoms with Gasteiger partial charge in [0.2, 0.25) is 0 Å². The summed E-state index contributed by atoms with van der Waals surface area (Å²) in [6.07, 6.45) is -1.70. The van der Waals surface area contributed by atoms with Gasteiger partial charge in [0, 0.05) is 6.21 Å². The molecule has 1 aromatic rings. The Bertz CT molecular complexity index is 408. The fourth-order valence-corrected chi connectivity index (χ4v) is 1.24. The summed E-state index contributed by atoms with van der Waals surface area (Å²) in [6, 6.07) is 3.62. The molecule has 0 heterocycles. The van der Waals surface area contributed by atoms with Crippen LogP contribution in [0, 0.1) is 12.8 Å². The molecule has 94 valence electrons. The fraction of sp³-hybridized carbons (Fsp3) is 0.462. The van der Waals surface area contributed by atoms with Crippen molar-refractivity contribution in [3.63, 3.8) is 0 Å². The normalized spacial score (nSPS) is 14.2. The van der Waals surface area contributed by atoms with Crippen LogP contribution >= 0.6 is 0 Å². The average Bonchev–Trinajstić information content (AvgIpc) is 2.26. The van der Waals surface area contributed by atoms with Crippen molar-refractivity contribution in [3.8, 4) is 0 Å². The Balaban J connectivity index is 3.03. The van der Waals surface area contributed by atoms with E-state index in [1.807, 2.05) is 13.8 Å². The zero-order valence-electron chi connectivity index (χ0n) is 10.2. The van der Waals surface area contributed by atoms with E-state index in [9.17, 15) is 13.2 Å². The summed E-state index contributed by atoms with van der Waals surface area (Å²) in [6.45, 7) is 5.74. The van der Waals surface area contributed by atoms with Crippen LogP contribution in [0.15, 0.2) is 23.2 Å². The number of alkyl halides is 3. The zero-order valence-corrected chi connectivity index (χ0v) is 10.2. The van der Waals surface area contributed by atoms with Crippen LogP contribution in [-0.2, 0) is 6.18 Å². The van der Waals surface area contributed by atoms with Crippen molar-refractivity contribution in [2.24, 2.45) is 10.9 Å². The maximum absolute atomic E-state index is 12.5. The van der Waals surface area contributed by atoms with Crippen LogP contribution in [0.5, 0.6) is 0 Å². The topological polar surface area (TPSA) is 12.4 Å². The quantitative estimate of drug-likeness (QED) is 0.678. The van der Waals surface area contributed by atoms with Crippen LogP contribution in [0.3, 0.4) is 0 Å². The van der Waals surface area contributed by atoms with Gasteiger partial charge in [0.05, 0.1) is 11.3 Å². The number of hydrogen-bond donors (Lipinski definition) is 0. The number of hydrogen-bond acceptors (Lipinski definition) is 1. The molecule has 0 fully saturated rings. The minimum Gasteiger partial charge on any atom is -0.261 e. The number of rotatable bonds is 3. The number of nitrogens with zero attached hydrogens (tertiary/aromatic N) is 1. The fourth-order valence-electron chi connectivity index (χ4n) is 1.24. The van der Waals surface area contributed by atoms with Gasteiger partial charge in [-0.1, -0.05) is 19.9 Å². The van der Waals surface area contributed by atoms with E-state index in [2.05, 4.69) is 4.99 Å². The van der Waals surface area contributed by atoms with Gasteiger partial charge in [-0.25, -0.2) is 0 Å². The van der Waals surface area contributed by atoms with E-state index in [0.29, 0.717) is 5.69 Å². The Morgan fingerprint density at radius 3 is 2.53 bits per heavy atom. The molecular formula is C13H16F3N. The highest BCUT2D eigenvalue weighted by atomic mass is 19.4. The summed E-state index contributed by atoms with van der Waals surface area (Å²) in [5.41, 5.74) is 0.483. The van der Waals surface area contributed by atoms with Gasteiger partial charge in [0.15, 0.2) is 0 Å². The molecule has 0 aliphatic rings. The molecule has 1 rings (SSSR count). The second kappa shape index (κ2) is 5.34. The van der Waals surface area contributed by atoms with Gasteiger partial charge in [0.1, 0.15) is 0 Å². The van der Waals surface area contributed by atoms with Crippen molar-refractivity contribution >= 4 is 11.9 Å². The Morgan fingerprint density at radius 2 is 2.00 bits per heavy atom. The third kappa shape index (κ3) is 3.88. The van der Waals surface area contributed by atoms with Crippen molar-refractivity contribution in [3.05, 3.63) is 29.3 Å². The van der Waals surface area contributed by atoms with Crippen molar-refractivity contribution in [2.45, 2.75) is 33.4 Å². The predicted molar refractivity (Wildman–Crippen MR) is 63.8 cm³/mol. The lowest BCUT2D eigenvalue weighted by molar-refractivity contribution is -0.137. The van der Waals surface area contributed by atoms with E-state index < -0.39 is 11.7 Å². The summed E-state index contributed by atoms with van der Waals surface area (Å²) in [5, 5.41) is 0. The standard InChI is InChI=1S/C13H16F3N/c1-4-9(2)8-17-12-7-11(13(14,15)16)6-5-10(12)3/h5-9H,4H2,1-3H3. The van der Waals surface area contributed by atoms with E-state index in [4.69, 9.17) is 0 Å². The van der Waals surface area contributed by atoms with E-state index in [-0.39, 0.29) is 5.92 Å². The molecule has 0 aliphatic carbocycles. The van der Waals surface area contributed by atoms with Crippen LogP contribution in [0.4, 0.5) is 18.9 Å². The first-order chi connectivity index (χ1) is 7.84. The average molecular weight is 243 g/mol. The molecule has 17 heavy (non-hydrogen) atoms. The van der Waals surface area contributed by atoms with Gasteiger partial charge in [-0.2, -0.15) is 13.2 Å². The largest absolute Gasteiger partial charge is 0.416 e. The molecule has 0 saturated heterocycles. The molecule has 1 atom stereocenters. The molecule has 0 bridgehead atoms. The third-order valence-corrected chi connectivity index (χ3v) is 2.65. The molecule has 0 N–H and O–H groups in total. The molecule has 0 spiro atoms. The van der Waals surface area contributed by atoms with E-state index in [1.165, 1.54) is 6.07 Å². The second-order valence-corrected chi connectivity index (χ2v) is 4.16. The second-order valence-electron chi connectivity index (χ2n) is 4.16. The lowest BCUT2D eigenvalue weighted by Gasteiger charge is -2.09. The van der Waals surface area contributed by atoms with Gasteiger partial charge in [0.25, 0.3) is 0 Å². The van der Waals surface area contributed by atoms with Gasteiger partial charge in [-0.15, -0.1) is 0 Å².